The monoisotopic (exact) mass is 467 g/mol. The lowest BCUT2D eigenvalue weighted by molar-refractivity contribution is -0.141. The Balaban J connectivity index is 2.47. The molecule has 158 valence electrons. The van der Waals surface area contributed by atoms with Crippen LogP contribution in [0.3, 0.4) is 0 Å². The van der Waals surface area contributed by atoms with Crippen LogP contribution >= 0.6 is 15.9 Å². The summed E-state index contributed by atoms with van der Waals surface area (Å²) in [6.07, 6.45) is 0. The maximum Gasteiger partial charge on any atom is 0.336 e. The predicted octanol–water partition coefficient (Wildman–Crippen LogP) is 3.06. The van der Waals surface area contributed by atoms with Crippen LogP contribution in [0.15, 0.2) is 51.3 Å². The van der Waals surface area contributed by atoms with Gasteiger partial charge in [0.2, 0.25) is 0 Å². The Bertz CT molecular complexity index is 773. The summed E-state index contributed by atoms with van der Waals surface area (Å²) >= 11 is 3.46. The minimum atomic E-state index is -0.626. The number of nitrogens with one attached hydrogen (secondary N) is 1. The van der Waals surface area contributed by atoms with Crippen molar-refractivity contribution in [2.24, 2.45) is 0 Å². The fourth-order valence-corrected chi connectivity index (χ4v) is 3.56. The van der Waals surface area contributed by atoms with Gasteiger partial charge >= 0.3 is 11.9 Å². The third-order valence-electron chi connectivity index (χ3n) is 4.42. The molecule has 1 heterocycles. The third kappa shape index (κ3) is 5.91. The van der Waals surface area contributed by atoms with Crippen LogP contribution in [0.2, 0.25) is 0 Å². The first kappa shape index (κ1) is 23.1. The molecule has 8 heteroatoms. The highest BCUT2D eigenvalue weighted by Crippen LogP contribution is 2.39. The molecule has 7 nitrogen and oxygen atoms in total. The van der Waals surface area contributed by atoms with Crippen LogP contribution in [-0.2, 0) is 28.5 Å². The second-order valence-corrected chi connectivity index (χ2v) is 7.36. The van der Waals surface area contributed by atoms with Crippen molar-refractivity contribution in [3.63, 3.8) is 0 Å². The molecule has 1 aliphatic heterocycles. The van der Waals surface area contributed by atoms with E-state index in [4.69, 9.17) is 18.9 Å². The minimum absolute atomic E-state index is 0.119. The van der Waals surface area contributed by atoms with E-state index in [0.717, 1.165) is 10.0 Å². The number of rotatable bonds is 9. The van der Waals surface area contributed by atoms with Crippen LogP contribution in [0.4, 0.5) is 0 Å². The first-order valence-electron chi connectivity index (χ1n) is 9.16. The van der Waals surface area contributed by atoms with Crippen molar-refractivity contribution in [2.45, 2.75) is 19.8 Å². The van der Waals surface area contributed by atoms with E-state index in [9.17, 15) is 9.59 Å². The van der Waals surface area contributed by atoms with E-state index in [1.54, 1.807) is 13.8 Å². The smallest absolute Gasteiger partial charge is 0.336 e. The lowest BCUT2D eigenvalue weighted by atomic mass is 9.80. The van der Waals surface area contributed by atoms with E-state index in [1.807, 2.05) is 24.3 Å². The molecular formula is C21H26BrNO6. The average Bonchev–Trinajstić information content (AvgIpc) is 2.67. The van der Waals surface area contributed by atoms with Gasteiger partial charge in [0.25, 0.3) is 0 Å². The molecular weight excluding hydrogens is 442 g/mol. The van der Waals surface area contributed by atoms with Gasteiger partial charge in [-0.25, -0.2) is 9.59 Å². The fraction of sp³-hybridized carbons (Fsp3) is 0.429. The quantitative estimate of drug-likeness (QED) is 0.441. The third-order valence-corrected chi connectivity index (χ3v) is 4.92. The van der Waals surface area contributed by atoms with Gasteiger partial charge in [0, 0.05) is 30.1 Å². The number of carbonyl (C=O) groups excluding carboxylic acids is 2. The van der Waals surface area contributed by atoms with Gasteiger partial charge in [-0.1, -0.05) is 28.1 Å². The molecule has 0 radical (unpaired) electrons. The number of methoxy groups -OCH3 is 2. The van der Waals surface area contributed by atoms with Gasteiger partial charge < -0.3 is 24.3 Å². The van der Waals surface area contributed by atoms with E-state index >= 15 is 0 Å². The number of hydrogen-bond donors (Lipinski definition) is 1. The molecule has 0 saturated heterocycles. The number of hydrogen-bond acceptors (Lipinski definition) is 7. The summed E-state index contributed by atoms with van der Waals surface area (Å²) in [4.78, 5) is 25.8. The van der Waals surface area contributed by atoms with Crippen LogP contribution in [0.1, 0.15) is 25.3 Å². The van der Waals surface area contributed by atoms with E-state index < -0.39 is 17.9 Å². The van der Waals surface area contributed by atoms with Crippen molar-refractivity contribution < 1.29 is 28.5 Å². The van der Waals surface area contributed by atoms with E-state index in [-0.39, 0.29) is 26.4 Å². The summed E-state index contributed by atoms with van der Waals surface area (Å²) in [6.45, 7) is 4.38. The number of ether oxygens (including phenoxy) is 4. The van der Waals surface area contributed by atoms with E-state index in [2.05, 4.69) is 21.2 Å². The predicted molar refractivity (Wildman–Crippen MR) is 111 cm³/mol. The normalized spacial score (nSPS) is 14.7. The summed E-state index contributed by atoms with van der Waals surface area (Å²) < 4.78 is 21.5. The molecule has 0 atom stereocenters. The molecule has 0 unspecified atom stereocenters. The van der Waals surface area contributed by atoms with Gasteiger partial charge in [-0.15, -0.1) is 0 Å². The fourth-order valence-electron chi connectivity index (χ4n) is 3.15. The molecule has 1 aliphatic rings. The molecule has 1 N–H and O–H groups in total. The molecule has 0 aromatic heterocycles. The van der Waals surface area contributed by atoms with Crippen LogP contribution in [0.5, 0.6) is 0 Å². The van der Waals surface area contributed by atoms with Crippen molar-refractivity contribution >= 4 is 27.9 Å². The van der Waals surface area contributed by atoms with Gasteiger partial charge in [-0.3, -0.25) is 0 Å². The number of benzene rings is 1. The summed E-state index contributed by atoms with van der Waals surface area (Å²) in [5.41, 5.74) is 2.76. The van der Waals surface area contributed by atoms with Crippen molar-refractivity contribution in [3.05, 3.63) is 56.8 Å². The number of halogens is 1. The zero-order chi connectivity index (χ0) is 21.4. The van der Waals surface area contributed by atoms with Crippen molar-refractivity contribution in [3.8, 4) is 0 Å². The molecule has 0 bridgehead atoms. The Kier molecular flexibility index (Phi) is 8.88. The second-order valence-electron chi connectivity index (χ2n) is 6.45. The minimum Gasteiger partial charge on any atom is -0.460 e. The van der Waals surface area contributed by atoms with E-state index in [0.29, 0.717) is 22.5 Å². The topological polar surface area (TPSA) is 83.1 Å². The van der Waals surface area contributed by atoms with Crippen molar-refractivity contribution in [1.29, 1.82) is 0 Å². The molecule has 0 amide bonds. The first-order chi connectivity index (χ1) is 13.9. The molecule has 0 fully saturated rings. The number of dihydropyridines is 1. The van der Waals surface area contributed by atoms with Gasteiger partial charge in [0.15, 0.2) is 0 Å². The van der Waals surface area contributed by atoms with Crippen LogP contribution < -0.4 is 5.32 Å². The molecule has 0 aliphatic carbocycles. The summed E-state index contributed by atoms with van der Waals surface area (Å²) in [5.74, 6) is -1.64. The Morgan fingerprint density at radius 1 is 0.931 bits per heavy atom. The maximum absolute atomic E-state index is 12.9. The van der Waals surface area contributed by atoms with Gasteiger partial charge in [-0.2, -0.15) is 0 Å². The lowest BCUT2D eigenvalue weighted by Gasteiger charge is -2.30. The second kappa shape index (κ2) is 11.1. The molecule has 1 aromatic carbocycles. The maximum atomic E-state index is 12.9. The first-order valence-corrected chi connectivity index (χ1v) is 9.96. The lowest BCUT2D eigenvalue weighted by Crippen LogP contribution is -2.33. The largest absolute Gasteiger partial charge is 0.460 e. The molecule has 2 rings (SSSR count). The highest BCUT2D eigenvalue weighted by molar-refractivity contribution is 9.10. The van der Waals surface area contributed by atoms with Crippen molar-refractivity contribution in [2.75, 3.05) is 40.6 Å². The van der Waals surface area contributed by atoms with Gasteiger partial charge in [-0.05, 0) is 31.5 Å². The summed E-state index contributed by atoms with van der Waals surface area (Å²) in [6, 6.07) is 7.48. The summed E-state index contributed by atoms with van der Waals surface area (Å²) in [5, 5.41) is 3.12. The zero-order valence-electron chi connectivity index (χ0n) is 17.0. The molecule has 0 spiro atoms. The van der Waals surface area contributed by atoms with Gasteiger partial charge in [0.05, 0.1) is 30.3 Å². The highest BCUT2D eigenvalue weighted by atomic mass is 79.9. The number of carbonyl (C=O) groups is 2. The average molecular weight is 468 g/mol. The van der Waals surface area contributed by atoms with Crippen LogP contribution in [0, 0.1) is 0 Å². The summed E-state index contributed by atoms with van der Waals surface area (Å²) in [7, 11) is 3.07. The Hall–Kier alpha value is -2.16. The van der Waals surface area contributed by atoms with Gasteiger partial charge in [0.1, 0.15) is 13.2 Å². The Labute approximate surface area is 179 Å². The Morgan fingerprint density at radius 2 is 1.45 bits per heavy atom. The van der Waals surface area contributed by atoms with Crippen LogP contribution in [-0.4, -0.2) is 52.6 Å². The molecule has 29 heavy (non-hydrogen) atoms. The molecule has 1 aromatic rings. The SMILES string of the molecule is COCCOC(=O)C1=C(C)NC(C)=C(C(=O)OCCOC)C1c1cccc(Br)c1. The highest BCUT2D eigenvalue weighted by Gasteiger charge is 2.38. The number of esters is 2. The Morgan fingerprint density at radius 3 is 1.90 bits per heavy atom. The van der Waals surface area contributed by atoms with Crippen LogP contribution in [0.25, 0.3) is 0 Å². The van der Waals surface area contributed by atoms with E-state index in [1.165, 1.54) is 14.2 Å². The number of allylic oxidation sites excluding steroid dienone is 2. The van der Waals surface area contributed by atoms with Crippen molar-refractivity contribution in [1.82, 2.24) is 5.32 Å². The standard InChI is InChI=1S/C21H26BrNO6/c1-13-17(20(24)28-10-8-26-3)19(15-6-5-7-16(22)12-15)18(14(2)23-13)21(25)29-11-9-27-4/h5-7,12,19,23H,8-11H2,1-4H3. The zero-order valence-corrected chi connectivity index (χ0v) is 18.6. The molecule has 0 saturated carbocycles.